The number of nitrogens with zero attached hydrogens (tertiary/aromatic N) is 1. The summed E-state index contributed by atoms with van der Waals surface area (Å²) < 4.78 is 5.47. The maximum Gasteiger partial charge on any atom is 0.255 e. The summed E-state index contributed by atoms with van der Waals surface area (Å²) in [6.07, 6.45) is 2.03. The number of nitrogens with one attached hydrogen (secondary N) is 1. The minimum absolute atomic E-state index is 0.156. The molecule has 2 aromatic carbocycles. The second kappa shape index (κ2) is 7.59. The van der Waals surface area contributed by atoms with Crippen molar-refractivity contribution in [3.05, 3.63) is 94.9 Å². The number of furan rings is 1. The molecule has 148 valence electrons. The van der Waals surface area contributed by atoms with Gasteiger partial charge in [0, 0.05) is 18.5 Å². The SMILES string of the molecule is Cc1ccccc1CNC(=O)[C@]1(C)Cc2ccccc2C(=O)N1Cc1ccco1. The topological polar surface area (TPSA) is 62.6 Å². The molecule has 1 aliphatic rings. The number of rotatable bonds is 5. The fourth-order valence-corrected chi connectivity index (χ4v) is 3.90. The number of hydrogen-bond acceptors (Lipinski definition) is 3. The van der Waals surface area contributed by atoms with Gasteiger partial charge in [0.05, 0.1) is 12.8 Å². The lowest BCUT2D eigenvalue weighted by Gasteiger charge is -2.43. The van der Waals surface area contributed by atoms with Crippen molar-refractivity contribution in [2.45, 2.75) is 38.9 Å². The standard InChI is InChI=1S/C24H24N2O3/c1-17-8-3-4-10-19(17)15-25-23(28)24(2)14-18-9-5-6-12-21(18)22(27)26(24)16-20-11-7-13-29-20/h3-13H,14-16H2,1-2H3,(H,25,28)/t24-/m0/s1. The van der Waals surface area contributed by atoms with Crippen LogP contribution in [0, 0.1) is 6.92 Å². The van der Waals surface area contributed by atoms with Gasteiger partial charge in [0.25, 0.3) is 5.91 Å². The molecule has 29 heavy (non-hydrogen) atoms. The molecule has 0 saturated carbocycles. The van der Waals surface area contributed by atoms with Gasteiger partial charge in [-0.3, -0.25) is 9.59 Å². The van der Waals surface area contributed by atoms with Crippen molar-refractivity contribution in [1.82, 2.24) is 10.2 Å². The van der Waals surface area contributed by atoms with Crippen LogP contribution >= 0.6 is 0 Å². The Balaban J connectivity index is 1.64. The predicted molar refractivity (Wildman–Crippen MR) is 110 cm³/mol. The number of carbonyl (C=O) groups excluding carboxylic acids is 2. The maximum absolute atomic E-state index is 13.4. The van der Waals surface area contributed by atoms with Crippen molar-refractivity contribution in [3.63, 3.8) is 0 Å². The van der Waals surface area contributed by atoms with E-state index in [1.165, 1.54) is 0 Å². The van der Waals surface area contributed by atoms with Gasteiger partial charge in [0.2, 0.25) is 5.91 Å². The van der Waals surface area contributed by atoms with Gasteiger partial charge in [-0.25, -0.2) is 0 Å². The number of fused-ring (bicyclic) bond motifs is 1. The molecular weight excluding hydrogens is 364 g/mol. The number of hydrogen-bond donors (Lipinski definition) is 1. The molecule has 1 aliphatic heterocycles. The Kier molecular flexibility index (Phi) is 4.97. The average molecular weight is 388 g/mol. The highest BCUT2D eigenvalue weighted by Crippen LogP contribution is 2.33. The van der Waals surface area contributed by atoms with Gasteiger partial charge < -0.3 is 14.6 Å². The zero-order valence-electron chi connectivity index (χ0n) is 16.6. The Morgan fingerprint density at radius 3 is 2.62 bits per heavy atom. The molecule has 0 spiro atoms. The van der Waals surface area contributed by atoms with Crippen LogP contribution in [0.5, 0.6) is 0 Å². The van der Waals surface area contributed by atoms with E-state index in [2.05, 4.69) is 5.32 Å². The monoisotopic (exact) mass is 388 g/mol. The first-order valence-corrected chi connectivity index (χ1v) is 9.74. The number of amides is 2. The van der Waals surface area contributed by atoms with Crippen molar-refractivity contribution in [2.24, 2.45) is 0 Å². The van der Waals surface area contributed by atoms with Crippen molar-refractivity contribution < 1.29 is 14.0 Å². The van der Waals surface area contributed by atoms with E-state index in [1.54, 1.807) is 17.2 Å². The van der Waals surface area contributed by atoms with Crippen LogP contribution in [0.15, 0.2) is 71.3 Å². The quantitative estimate of drug-likeness (QED) is 0.722. The molecule has 3 aromatic rings. The summed E-state index contributed by atoms with van der Waals surface area (Å²) in [4.78, 5) is 28.3. The highest BCUT2D eigenvalue weighted by molar-refractivity contribution is 6.02. The van der Waals surface area contributed by atoms with Gasteiger partial charge in [0.1, 0.15) is 11.3 Å². The molecule has 0 radical (unpaired) electrons. The van der Waals surface area contributed by atoms with E-state index >= 15 is 0 Å². The highest BCUT2D eigenvalue weighted by atomic mass is 16.3. The Morgan fingerprint density at radius 2 is 1.86 bits per heavy atom. The number of aryl methyl sites for hydroxylation is 1. The van der Waals surface area contributed by atoms with Gasteiger partial charge >= 0.3 is 0 Å². The molecule has 0 bridgehead atoms. The summed E-state index contributed by atoms with van der Waals surface area (Å²) in [5.74, 6) is 0.322. The highest BCUT2D eigenvalue weighted by Gasteiger charge is 2.46. The summed E-state index contributed by atoms with van der Waals surface area (Å²) in [7, 11) is 0. The van der Waals surface area contributed by atoms with E-state index in [-0.39, 0.29) is 18.4 Å². The van der Waals surface area contributed by atoms with Crippen LogP contribution in [0.2, 0.25) is 0 Å². The lowest BCUT2D eigenvalue weighted by atomic mass is 9.82. The van der Waals surface area contributed by atoms with Gasteiger partial charge in [-0.05, 0) is 48.7 Å². The van der Waals surface area contributed by atoms with E-state index in [9.17, 15) is 9.59 Å². The van der Waals surface area contributed by atoms with E-state index in [0.717, 1.165) is 16.7 Å². The second-order valence-corrected chi connectivity index (χ2v) is 7.69. The van der Waals surface area contributed by atoms with Crippen molar-refractivity contribution in [2.75, 3.05) is 0 Å². The van der Waals surface area contributed by atoms with E-state index in [0.29, 0.717) is 24.3 Å². The number of benzene rings is 2. The molecule has 2 amide bonds. The smallest absolute Gasteiger partial charge is 0.255 e. The molecule has 0 fully saturated rings. The van der Waals surface area contributed by atoms with Crippen molar-refractivity contribution in [1.29, 1.82) is 0 Å². The Bertz CT molecular complexity index is 1040. The molecule has 5 heteroatoms. The fraction of sp³-hybridized carbons (Fsp3) is 0.250. The average Bonchev–Trinajstić information content (AvgIpc) is 3.23. The summed E-state index contributed by atoms with van der Waals surface area (Å²) in [5, 5.41) is 3.05. The summed E-state index contributed by atoms with van der Waals surface area (Å²) in [5.41, 5.74) is 2.70. The van der Waals surface area contributed by atoms with E-state index in [4.69, 9.17) is 4.42 Å². The van der Waals surface area contributed by atoms with Crippen LogP contribution in [0.25, 0.3) is 0 Å². The number of carbonyl (C=O) groups is 2. The lowest BCUT2D eigenvalue weighted by Crippen LogP contribution is -2.62. The zero-order chi connectivity index (χ0) is 20.4. The summed E-state index contributed by atoms with van der Waals surface area (Å²) >= 11 is 0. The van der Waals surface area contributed by atoms with Crippen LogP contribution in [0.3, 0.4) is 0 Å². The van der Waals surface area contributed by atoms with Crippen molar-refractivity contribution >= 4 is 11.8 Å². The molecule has 2 heterocycles. The summed E-state index contributed by atoms with van der Waals surface area (Å²) in [6.45, 7) is 4.52. The Morgan fingerprint density at radius 1 is 1.10 bits per heavy atom. The third kappa shape index (κ3) is 3.56. The van der Waals surface area contributed by atoms with Crippen LogP contribution in [-0.2, 0) is 24.3 Å². The normalized spacial score (nSPS) is 18.4. The molecule has 4 rings (SSSR count). The van der Waals surface area contributed by atoms with Gasteiger partial charge in [0.15, 0.2) is 0 Å². The fourth-order valence-electron chi connectivity index (χ4n) is 3.90. The lowest BCUT2D eigenvalue weighted by molar-refractivity contribution is -0.132. The minimum Gasteiger partial charge on any atom is -0.467 e. The first kappa shape index (κ1) is 19.0. The predicted octanol–water partition coefficient (Wildman–Crippen LogP) is 3.86. The molecule has 1 aromatic heterocycles. The first-order chi connectivity index (χ1) is 14.0. The second-order valence-electron chi connectivity index (χ2n) is 7.69. The van der Waals surface area contributed by atoms with Crippen LogP contribution < -0.4 is 5.32 Å². The van der Waals surface area contributed by atoms with Gasteiger partial charge in [-0.2, -0.15) is 0 Å². The zero-order valence-corrected chi connectivity index (χ0v) is 16.6. The molecule has 0 saturated heterocycles. The Labute approximate surface area is 170 Å². The maximum atomic E-state index is 13.4. The summed E-state index contributed by atoms with van der Waals surface area (Å²) in [6, 6.07) is 19.0. The molecular formula is C24H24N2O3. The van der Waals surface area contributed by atoms with E-state index < -0.39 is 5.54 Å². The van der Waals surface area contributed by atoms with E-state index in [1.807, 2.05) is 68.4 Å². The van der Waals surface area contributed by atoms with Gasteiger partial charge in [-0.15, -0.1) is 0 Å². The Hall–Kier alpha value is -3.34. The van der Waals surface area contributed by atoms with Crippen LogP contribution in [0.4, 0.5) is 0 Å². The molecule has 0 unspecified atom stereocenters. The molecule has 5 nitrogen and oxygen atoms in total. The largest absolute Gasteiger partial charge is 0.467 e. The molecule has 1 atom stereocenters. The molecule has 1 N–H and O–H groups in total. The molecule has 0 aliphatic carbocycles. The first-order valence-electron chi connectivity index (χ1n) is 9.74. The minimum atomic E-state index is -1.01. The van der Waals surface area contributed by atoms with Crippen LogP contribution in [0.1, 0.15) is 39.7 Å². The van der Waals surface area contributed by atoms with Gasteiger partial charge in [-0.1, -0.05) is 42.5 Å². The van der Waals surface area contributed by atoms with Crippen LogP contribution in [-0.4, -0.2) is 22.3 Å². The third-order valence-electron chi connectivity index (χ3n) is 5.71. The van der Waals surface area contributed by atoms with Crippen molar-refractivity contribution in [3.8, 4) is 0 Å². The third-order valence-corrected chi connectivity index (χ3v) is 5.71.